The molecule has 0 bridgehead atoms. The molecule has 0 aliphatic carbocycles. The van der Waals surface area contributed by atoms with Crippen LogP contribution < -0.4 is 4.31 Å². The Morgan fingerprint density at radius 2 is 1.79 bits per heavy atom. The van der Waals surface area contributed by atoms with Gasteiger partial charge in [-0.25, -0.2) is 16.8 Å². The molecule has 2 rings (SSSR count). The van der Waals surface area contributed by atoms with E-state index >= 15 is 0 Å². The molecule has 7 heteroatoms. The zero-order valence-corrected chi connectivity index (χ0v) is 12.5. The fourth-order valence-corrected chi connectivity index (χ4v) is 5.35. The lowest BCUT2D eigenvalue weighted by atomic mass is 10.2. The van der Waals surface area contributed by atoms with Crippen LogP contribution in [0, 0.1) is 6.92 Å². The lowest BCUT2D eigenvalue weighted by Crippen LogP contribution is -2.40. The van der Waals surface area contributed by atoms with E-state index in [2.05, 4.69) is 0 Å². The molecule has 0 saturated carbocycles. The molecule has 19 heavy (non-hydrogen) atoms. The molecule has 1 aliphatic heterocycles. The van der Waals surface area contributed by atoms with Crippen molar-refractivity contribution in [3.05, 3.63) is 29.8 Å². The smallest absolute Gasteiger partial charge is 0.232 e. The van der Waals surface area contributed by atoms with Crippen molar-refractivity contribution in [3.63, 3.8) is 0 Å². The maximum absolute atomic E-state index is 11.9. The van der Waals surface area contributed by atoms with Crippen LogP contribution in [0.15, 0.2) is 24.3 Å². The van der Waals surface area contributed by atoms with E-state index in [0.717, 1.165) is 11.8 Å². The first-order valence-electron chi connectivity index (χ1n) is 5.95. The highest BCUT2D eigenvalue weighted by Gasteiger charge is 2.36. The first-order chi connectivity index (χ1) is 8.69. The second-order valence-electron chi connectivity index (χ2n) is 4.95. The van der Waals surface area contributed by atoms with Crippen LogP contribution in [0.2, 0.25) is 0 Å². The van der Waals surface area contributed by atoms with Crippen molar-refractivity contribution in [2.75, 3.05) is 22.1 Å². The van der Waals surface area contributed by atoms with Crippen LogP contribution in [0.5, 0.6) is 0 Å². The first-order valence-corrected chi connectivity index (χ1v) is 9.62. The molecular weight excluding hydrogens is 286 g/mol. The van der Waals surface area contributed by atoms with Gasteiger partial charge in [0.25, 0.3) is 0 Å². The Morgan fingerprint density at radius 3 is 2.21 bits per heavy atom. The quantitative estimate of drug-likeness (QED) is 0.833. The summed E-state index contributed by atoms with van der Waals surface area (Å²) in [5.74, 6) is -0.0521. The minimum Gasteiger partial charge on any atom is -0.266 e. The number of nitrogens with zero attached hydrogens (tertiary/aromatic N) is 1. The van der Waals surface area contributed by atoms with E-state index in [1.165, 1.54) is 4.31 Å². The zero-order valence-electron chi connectivity index (χ0n) is 10.9. The Morgan fingerprint density at radius 1 is 1.21 bits per heavy atom. The average Bonchev–Trinajstić information content (AvgIpc) is 2.60. The molecule has 0 aromatic heterocycles. The van der Waals surface area contributed by atoms with Gasteiger partial charge >= 0.3 is 0 Å². The van der Waals surface area contributed by atoms with Gasteiger partial charge in [0.1, 0.15) is 0 Å². The van der Waals surface area contributed by atoms with Crippen LogP contribution in [0.4, 0.5) is 5.69 Å². The van der Waals surface area contributed by atoms with Gasteiger partial charge in [0, 0.05) is 0 Å². The maximum atomic E-state index is 11.9. The van der Waals surface area contributed by atoms with Gasteiger partial charge in [-0.2, -0.15) is 0 Å². The fourth-order valence-electron chi connectivity index (χ4n) is 2.33. The summed E-state index contributed by atoms with van der Waals surface area (Å²) in [5.41, 5.74) is 1.55. The highest BCUT2D eigenvalue weighted by molar-refractivity contribution is 7.93. The number of rotatable bonds is 3. The van der Waals surface area contributed by atoms with Crippen LogP contribution >= 0.6 is 0 Å². The summed E-state index contributed by atoms with van der Waals surface area (Å²) >= 11 is 0. The van der Waals surface area contributed by atoms with Gasteiger partial charge in [0.15, 0.2) is 9.84 Å². The highest BCUT2D eigenvalue weighted by Crippen LogP contribution is 2.27. The molecule has 0 radical (unpaired) electrons. The monoisotopic (exact) mass is 303 g/mol. The number of anilines is 1. The van der Waals surface area contributed by atoms with Gasteiger partial charge in [-0.1, -0.05) is 17.7 Å². The van der Waals surface area contributed by atoms with Gasteiger partial charge in [0.2, 0.25) is 10.0 Å². The summed E-state index contributed by atoms with van der Waals surface area (Å²) in [6.07, 6.45) is 1.46. The molecule has 5 nitrogen and oxygen atoms in total. The molecule has 0 N–H and O–H groups in total. The fraction of sp³-hybridized carbons (Fsp3) is 0.500. The van der Waals surface area contributed by atoms with E-state index in [1.807, 2.05) is 19.1 Å². The third-order valence-electron chi connectivity index (χ3n) is 3.19. The maximum Gasteiger partial charge on any atom is 0.232 e. The van der Waals surface area contributed by atoms with E-state index < -0.39 is 25.9 Å². The van der Waals surface area contributed by atoms with Gasteiger partial charge in [-0.3, -0.25) is 4.31 Å². The van der Waals surface area contributed by atoms with Crippen LogP contribution in [0.25, 0.3) is 0 Å². The lowest BCUT2D eigenvalue weighted by molar-refractivity contribution is 0.586. The number of sulfone groups is 1. The van der Waals surface area contributed by atoms with Crippen LogP contribution in [0.3, 0.4) is 0 Å². The van der Waals surface area contributed by atoms with Crippen LogP contribution in [-0.2, 0) is 19.9 Å². The molecule has 1 saturated heterocycles. The highest BCUT2D eigenvalue weighted by atomic mass is 32.2. The topological polar surface area (TPSA) is 71.5 Å². The van der Waals surface area contributed by atoms with E-state index in [-0.39, 0.29) is 11.5 Å². The van der Waals surface area contributed by atoms with Crippen LogP contribution in [-0.4, -0.2) is 40.6 Å². The summed E-state index contributed by atoms with van der Waals surface area (Å²) in [6, 6.07) is 6.55. The van der Waals surface area contributed by atoms with Crippen molar-refractivity contribution in [3.8, 4) is 0 Å². The Bertz CT molecular complexity index is 662. The number of aryl methyl sites for hydroxylation is 1. The zero-order chi connectivity index (χ0) is 14.3. The molecule has 1 aromatic rings. The van der Waals surface area contributed by atoms with Gasteiger partial charge in [-0.15, -0.1) is 0 Å². The van der Waals surface area contributed by atoms with E-state index in [9.17, 15) is 16.8 Å². The molecule has 1 fully saturated rings. The van der Waals surface area contributed by atoms with Gasteiger partial charge in [0.05, 0.1) is 29.5 Å². The summed E-state index contributed by atoms with van der Waals surface area (Å²) in [7, 11) is -6.62. The van der Waals surface area contributed by atoms with Crippen molar-refractivity contribution in [1.82, 2.24) is 0 Å². The molecule has 106 valence electrons. The second-order valence-corrected chi connectivity index (χ2v) is 9.04. The summed E-state index contributed by atoms with van der Waals surface area (Å²) in [4.78, 5) is 0. The van der Waals surface area contributed by atoms with Crippen molar-refractivity contribution < 1.29 is 16.8 Å². The van der Waals surface area contributed by atoms with Crippen LogP contribution in [0.1, 0.15) is 12.0 Å². The van der Waals surface area contributed by atoms with E-state index in [0.29, 0.717) is 12.1 Å². The Balaban J connectivity index is 2.41. The number of sulfonamides is 1. The first kappa shape index (κ1) is 14.3. The summed E-state index contributed by atoms with van der Waals surface area (Å²) < 4.78 is 48.2. The number of benzene rings is 1. The normalized spacial score (nSPS) is 22.3. The second kappa shape index (κ2) is 4.79. The Labute approximate surface area is 114 Å². The molecular formula is C12H17NO4S2. The standard InChI is InChI=1S/C12H17NO4S2/c1-10-3-5-11(6-4-10)13(18(2,14)15)12-7-8-19(16,17)9-12/h3-6,12H,7-9H2,1-2H3/t12-/m1/s1. The predicted molar refractivity (Wildman–Crippen MR) is 75.6 cm³/mol. The molecule has 0 unspecified atom stereocenters. The summed E-state index contributed by atoms with van der Waals surface area (Å²) in [5, 5.41) is 0. The van der Waals surface area contributed by atoms with E-state index in [4.69, 9.17) is 0 Å². The molecule has 1 heterocycles. The largest absolute Gasteiger partial charge is 0.266 e. The molecule has 1 aromatic carbocycles. The van der Waals surface area contributed by atoms with Crippen molar-refractivity contribution in [2.45, 2.75) is 19.4 Å². The van der Waals surface area contributed by atoms with Gasteiger partial charge in [-0.05, 0) is 25.5 Å². The molecule has 0 amide bonds. The Hall–Kier alpha value is -1.08. The van der Waals surface area contributed by atoms with E-state index in [1.54, 1.807) is 12.1 Å². The van der Waals surface area contributed by atoms with Crippen molar-refractivity contribution >= 4 is 25.5 Å². The Kier molecular flexibility index (Phi) is 3.61. The number of hydrogen-bond donors (Lipinski definition) is 0. The molecule has 1 aliphatic rings. The van der Waals surface area contributed by atoms with Crippen molar-refractivity contribution in [2.24, 2.45) is 0 Å². The number of hydrogen-bond acceptors (Lipinski definition) is 4. The lowest BCUT2D eigenvalue weighted by Gasteiger charge is -2.28. The van der Waals surface area contributed by atoms with Crippen molar-refractivity contribution in [1.29, 1.82) is 0 Å². The van der Waals surface area contributed by atoms with Gasteiger partial charge < -0.3 is 0 Å². The minimum atomic E-state index is -3.50. The average molecular weight is 303 g/mol. The summed E-state index contributed by atoms with van der Waals surface area (Å²) in [6.45, 7) is 1.91. The molecule has 0 spiro atoms. The molecule has 1 atom stereocenters. The predicted octanol–water partition coefficient (Wildman–Crippen LogP) is 0.948. The third-order valence-corrected chi connectivity index (χ3v) is 6.16. The minimum absolute atomic E-state index is 0.0511. The third kappa shape index (κ3) is 3.27. The SMILES string of the molecule is Cc1ccc(N([C@@H]2CCS(=O)(=O)C2)S(C)(=O)=O)cc1.